The van der Waals surface area contributed by atoms with Gasteiger partial charge in [0.25, 0.3) is 0 Å². The summed E-state index contributed by atoms with van der Waals surface area (Å²) in [6.45, 7) is 6.96. The smallest absolute Gasteiger partial charge is 0.315 e. The third-order valence-corrected chi connectivity index (χ3v) is 3.82. The summed E-state index contributed by atoms with van der Waals surface area (Å²) < 4.78 is 5.20. The predicted octanol–water partition coefficient (Wildman–Crippen LogP) is 1.75. The number of urea groups is 1. The highest BCUT2D eigenvalue weighted by atomic mass is 16.5. The molecule has 0 unspecified atom stereocenters. The fraction of sp³-hybridized carbons (Fsp3) is 0.857. The molecule has 6 nitrogen and oxygen atoms in total. The lowest BCUT2D eigenvalue weighted by Crippen LogP contribution is -2.53. The first-order valence-corrected chi connectivity index (χ1v) is 7.18. The highest BCUT2D eigenvalue weighted by Crippen LogP contribution is 2.30. The minimum atomic E-state index is -0.898. The second-order valence-corrected chi connectivity index (χ2v) is 6.14. The van der Waals surface area contributed by atoms with E-state index in [1.54, 1.807) is 0 Å². The van der Waals surface area contributed by atoms with E-state index in [0.29, 0.717) is 26.1 Å². The molecule has 0 aromatic rings. The summed E-state index contributed by atoms with van der Waals surface area (Å²) in [5.41, 5.74) is -1.19. The van der Waals surface area contributed by atoms with Crippen LogP contribution in [0.25, 0.3) is 0 Å². The van der Waals surface area contributed by atoms with Gasteiger partial charge in [0.2, 0.25) is 0 Å². The summed E-state index contributed by atoms with van der Waals surface area (Å²) in [5.74, 6) is -0.867. The number of ether oxygens (including phenoxy) is 1. The number of carboxylic acids is 1. The van der Waals surface area contributed by atoms with Crippen LogP contribution in [-0.2, 0) is 9.53 Å². The van der Waals surface area contributed by atoms with Crippen LogP contribution in [0.1, 0.15) is 46.5 Å². The van der Waals surface area contributed by atoms with E-state index in [-0.39, 0.29) is 18.1 Å². The molecule has 0 spiro atoms. The van der Waals surface area contributed by atoms with Gasteiger partial charge in [-0.05, 0) is 33.1 Å². The van der Waals surface area contributed by atoms with Gasteiger partial charge in [0, 0.05) is 25.3 Å². The highest BCUT2D eigenvalue weighted by Gasteiger charge is 2.40. The molecule has 0 saturated carbocycles. The topological polar surface area (TPSA) is 87.7 Å². The molecule has 116 valence electrons. The molecule has 0 aliphatic carbocycles. The normalized spacial score (nSPS) is 18.4. The molecule has 0 aromatic heterocycles. The van der Waals surface area contributed by atoms with Crippen molar-refractivity contribution in [3.8, 4) is 0 Å². The van der Waals surface area contributed by atoms with Gasteiger partial charge in [0.15, 0.2) is 0 Å². The molecular weight excluding hydrogens is 260 g/mol. The van der Waals surface area contributed by atoms with Crippen LogP contribution in [-0.4, -0.2) is 42.4 Å². The predicted molar refractivity (Wildman–Crippen MR) is 75.6 cm³/mol. The van der Waals surface area contributed by atoms with E-state index in [1.165, 1.54) is 0 Å². The van der Waals surface area contributed by atoms with E-state index in [0.717, 1.165) is 12.8 Å². The molecule has 1 aliphatic rings. The lowest BCUT2D eigenvalue weighted by molar-refractivity contribution is -0.154. The van der Waals surface area contributed by atoms with Crippen LogP contribution >= 0.6 is 0 Å². The zero-order valence-electron chi connectivity index (χ0n) is 12.6. The first-order valence-electron chi connectivity index (χ1n) is 7.18. The summed E-state index contributed by atoms with van der Waals surface area (Å²) in [7, 11) is 0. The molecule has 3 N–H and O–H groups in total. The molecule has 0 atom stereocenters. The Hall–Kier alpha value is -1.30. The Kier molecular flexibility index (Phi) is 5.80. The Labute approximate surface area is 120 Å². The molecule has 0 radical (unpaired) electrons. The Balaban J connectivity index is 2.51. The van der Waals surface area contributed by atoms with Crippen LogP contribution in [0.5, 0.6) is 0 Å². The average Bonchev–Trinajstić information content (AvgIpc) is 2.36. The van der Waals surface area contributed by atoms with Gasteiger partial charge < -0.3 is 20.5 Å². The van der Waals surface area contributed by atoms with Crippen LogP contribution in [0.15, 0.2) is 0 Å². The summed E-state index contributed by atoms with van der Waals surface area (Å²) >= 11 is 0. The van der Waals surface area contributed by atoms with Crippen LogP contribution in [0.2, 0.25) is 0 Å². The number of amides is 2. The molecule has 1 heterocycles. The van der Waals surface area contributed by atoms with Crippen molar-refractivity contribution >= 4 is 12.0 Å². The lowest BCUT2D eigenvalue weighted by Gasteiger charge is -2.34. The van der Waals surface area contributed by atoms with E-state index in [4.69, 9.17) is 4.74 Å². The maximum absolute atomic E-state index is 11.9. The van der Waals surface area contributed by atoms with E-state index in [1.807, 2.05) is 13.8 Å². The fourth-order valence-corrected chi connectivity index (χ4v) is 2.52. The van der Waals surface area contributed by atoms with Crippen molar-refractivity contribution in [1.82, 2.24) is 10.6 Å². The molecular formula is C14H26N2O4. The van der Waals surface area contributed by atoms with Gasteiger partial charge >= 0.3 is 12.0 Å². The first kappa shape index (κ1) is 16.8. The van der Waals surface area contributed by atoms with Gasteiger partial charge in [-0.2, -0.15) is 0 Å². The number of hydrogen-bond donors (Lipinski definition) is 3. The zero-order chi connectivity index (χ0) is 15.2. The number of nitrogens with one attached hydrogen (secondary N) is 2. The van der Waals surface area contributed by atoms with E-state index >= 15 is 0 Å². The SMILES string of the molecule is CCCC(C)(C)NC(=O)NCC1(C(=O)O)CCOCC1. The number of rotatable bonds is 6. The second-order valence-electron chi connectivity index (χ2n) is 6.14. The molecule has 1 fully saturated rings. The van der Waals surface area contributed by atoms with Crippen LogP contribution in [0, 0.1) is 5.41 Å². The Morgan fingerprint density at radius 2 is 1.90 bits per heavy atom. The van der Waals surface area contributed by atoms with Crippen LogP contribution in [0.3, 0.4) is 0 Å². The summed E-state index contributed by atoms with van der Waals surface area (Å²) in [6.07, 6.45) is 2.71. The second kappa shape index (κ2) is 6.92. The Morgan fingerprint density at radius 3 is 2.40 bits per heavy atom. The Morgan fingerprint density at radius 1 is 1.30 bits per heavy atom. The van der Waals surface area contributed by atoms with E-state index < -0.39 is 11.4 Å². The van der Waals surface area contributed by atoms with Crippen molar-refractivity contribution < 1.29 is 19.4 Å². The number of hydrogen-bond acceptors (Lipinski definition) is 3. The maximum Gasteiger partial charge on any atom is 0.315 e. The minimum Gasteiger partial charge on any atom is -0.481 e. The largest absolute Gasteiger partial charge is 0.481 e. The zero-order valence-corrected chi connectivity index (χ0v) is 12.6. The molecule has 2 amide bonds. The third-order valence-electron chi connectivity index (χ3n) is 3.82. The molecule has 1 rings (SSSR count). The first-order chi connectivity index (χ1) is 9.31. The van der Waals surface area contributed by atoms with Gasteiger partial charge in [-0.3, -0.25) is 4.79 Å². The number of carbonyl (C=O) groups is 2. The van der Waals surface area contributed by atoms with Crippen molar-refractivity contribution in [1.29, 1.82) is 0 Å². The van der Waals surface area contributed by atoms with E-state index in [9.17, 15) is 14.7 Å². The average molecular weight is 286 g/mol. The van der Waals surface area contributed by atoms with Gasteiger partial charge in [0.05, 0.1) is 5.41 Å². The van der Waals surface area contributed by atoms with Crippen LogP contribution < -0.4 is 10.6 Å². The standard InChI is InChI=1S/C14H26N2O4/c1-4-5-13(2,3)16-12(19)15-10-14(11(17)18)6-8-20-9-7-14/h4-10H2,1-3H3,(H,17,18)(H2,15,16,19). The van der Waals surface area contributed by atoms with Crippen molar-refractivity contribution in [3.05, 3.63) is 0 Å². The quantitative estimate of drug-likeness (QED) is 0.694. The van der Waals surface area contributed by atoms with Gasteiger partial charge in [-0.25, -0.2) is 4.79 Å². The lowest BCUT2D eigenvalue weighted by atomic mass is 9.80. The van der Waals surface area contributed by atoms with E-state index in [2.05, 4.69) is 17.6 Å². The van der Waals surface area contributed by atoms with Crippen molar-refractivity contribution in [3.63, 3.8) is 0 Å². The van der Waals surface area contributed by atoms with Crippen LogP contribution in [0.4, 0.5) is 4.79 Å². The third kappa shape index (κ3) is 4.67. The minimum absolute atomic E-state index is 0.139. The monoisotopic (exact) mass is 286 g/mol. The number of carbonyl (C=O) groups excluding carboxylic acids is 1. The van der Waals surface area contributed by atoms with Gasteiger partial charge in [-0.15, -0.1) is 0 Å². The molecule has 6 heteroatoms. The van der Waals surface area contributed by atoms with Crippen molar-refractivity contribution in [2.45, 2.75) is 52.0 Å². The van der Waals surface area contributed by atoms with Gasteiger partial charge in [0.1, 0.15) is 0 Å². The molecule has 0 aromatic carbocycles. The highest BCUT2D eigenvalue weighted by molar-refractivity contribution is 5.78. The molecule has 1 aliphatic heterocycles. The Bertz CT molecular complexity index is 349. The summed E-state index contributed by atoms with van der Waals surface area (Å²) in [4.78, 5) is 23.3. The maximum atomic E-state index is 11.9. The van der Waals surface area contributed by atoms with Crippen molar-refractivity contribution in [2.75, 3.05) is 19.8 Å². The fourth-order valence-electron chi connectivity index (χ4n) is 2.52. The molecule has 0 bridgehead atoms. The summed E-state index contributed by atoms with van der Waals surface area (Å²) in [6, 6.07) is -0.310. The number of carboxylic acid groups (broad SMARTS) is 1. The number of aliphatic carboxylic acids is 1. The molecule has 1 saturated heterocycles. The molecule has 20 heavy (non-hydrogen) atoms. The van der Waals surface area contributed by atoms with Gasteiger partial charge in [-0.1, -0.05) is 13.3 Å². The van der Waals surface area contributed by atoms with Crippen molar-refractivity contribution in [2.24, 2.45) is 5.41 Å². The summed E-state index contributed by atoms with van der Waals surface area (Å²) in [5, 5.41) is 15.0.